The third kappa shape index (κ3) is 2.46. The molecule has 0 spiro atoms. The van der Waals surface area contributed by atoms with E-state index < -0.39 is 28.7 Å². The summed E-state index contributed by atoms with van der Waals surface area (Å²) in [4.78, 5) is 34.3. The van der Waals surface area contributed by atoms with Crippen LogP contribution in [0.25, 0.3) is 5.69 Å². The number of carbonyl (C=O) groups is 2. The number of carboxylic acid groups (broad SMARTS) is 1. The largest absolute Gasteiger partial charge is 0.477 e. The number of benzene rings is 1. The van der Waals surface area contributed by atoms with Crippen LogP contribution in [0, 0.1) is 5.82 Å². The van der Waals surface area contributed by atoms with Crippen LogP contribution in [0.4, 0.5) is 4.39 Å². The van der Waals surface area contributed by atoms with E-state index in [0.29, 0.717) is 0 Å². The van der Waals surface area contributed by atoms with E-state index in [1.54, 1.807) is 0 Å². The topological polar surface area (TPSA) is 89.3 Å². The minimum atomic E-state index is -1.46. The lowest BCUT2D eigenvalue weighted by atomic mass is 10.2. The number of ketones is 1. The molecule has 0 fully saturated rings. The van der Waals surface area contributed by atoms with Crippen LogP contribution in [0.5, 0.6) is 0 Å². The van der Waals surface area contributed by atoms with Gasteiger partial charge in [-0.2, -0.15) is 9.78 Å². The Bertz CT molecular complexity index is 750. The van der Waals surface area contributed by atoms with Crippen LogP contribution in [0.2, 0.25) is 0 Å². The van der Waals surface area contributed by atoms with Gasteiger partial charge in [-0.25, -0.2) is 9.18 Å². The highest BCUT2D eigenvalue weighted by Gasteiger charge is 2.17. The van der Waals surface area contributed by atoms with Crippen molar-refractivity contribution in [3.63, 3.8) is 0 Å². The summed E-state index contributed by atoms with van der Waals surface area (Å²) in [6.45, 7) is 1.20. The van der Waals surface area contributed by atoms with Crippen molar-refractivity contribution in [3.8, 4) is 5.69 Å². The van der Waals surface area contributed by atoms with E-state index in [2.05, 4.69) is 5.10 Å². The molecule has 0 aliphatic rings. The first kappa shape index (κ1) is 13.6. The normalized spacial score (nSPS) is 10.3. The maximum Gasteiger partial charge on any atom is 0.341 e. The van der Waals surface area contributed by atoms with E-state index in [1.807, 2.05) is 0 Å². The van der Waals surface area contributed by atoms with E-state index in [1.165, 1.54) is 19.1 Å². The van der Waals surface area contributed by atoms with Crippen molar-refractivity contribution in [1.82, 2.24) is 9.78 Å². The fourth-order valence-corrected chi connectivity index (χ4v) is 1.58. The van der Waals surface area contributed by atoms with Gasteiger partial charge in [0, 0.05) is 6.92 Å². The molecular weight excluding hydrogens is 267 g/mol. The van der Waals surface area contributed by atoms with Crippen molar-refractivity contribution in [3.05, 3.63) is 57.8 Å². The Morgan fingerprint density at radius 2 is 1.85 bits per heavy atom. The molecule has 0 radical (unpaired) electrons. The molecule has 2 rings (SSSR count). The molecule has 1 aromatic carbocycles. The molecule has 7 heteroatoms. The number of halogens is 1. The molecule has 0 saturated heterocycles. The zero-order valence-corrected chi connectivity index (χ0v) is 10.3. The van der Waals surface area contributed by atoms with Crippen molar-refractivity contribution in [1.29, 1.82) is 0 Å². The lowest BCUT2D eigenvalue weighted by Crippen LogP contribution is -2.29. The Kier molecular flexibility index (Phi) is 3.43. The predicted molar refractivity (Wildman–Crippen MR) is 66.8 cm³/mol. The number of carboxylic acids is 1. The second-order valence-corrected chi connectivity index (χ2v) is 4.00. The number of aromatic carboxylic acids is 1. The Labute approximate surface area is 112 Å². The minimum Gasteiger partial charge on any atom is -0.477 e. The van der Waals surface area contributed by atoms with Crippen LogP contribution in [0.3, 0.4) is 0 Å². The molecule has 0 bridgehead atoms. The molecule has 102 valence electrons. The summed E-state index contributed by atoms with van der Waals surface area (Å²) in [5, 5.41) is 12.8. The quantitative estimate of drug-likeness (QED) is 0.853. The molecule has 1 N–H and O–H groups in total. The van der Waals surface area contributed by atoms with Crippen LogP contribution in [0.1, 0.15) is 27.8 Å². The SMILES string of the molecule is CC(=O)c1cc(C(=O)O)c(=O)n(-c2ccc(F)cc2)n1. The zero-order valence-electron chi connectivity index (χ0n) is 10.3. The van der Waals surface area contributed by atoms with Crippen molar-refractivity contribution in [2.24, 2.45) is 0 Å². The standard InChI is InChI=1S/C13H9FN2O4/c1-7(17)11-6-10(13(19)20)12(18)16(15-11)9-4-2-8(14)3-5-9/h2-6H,1H3,(H,19,20). The average Bonchev–Trinajstić information content (AvgIpc) is 2.39. The molecule has 6 nitrogen and oxygen atoms in total. The van der Waals surface area contributed by atoms with Crippen LogP contribution < -0.4 is 5.56 Å². The van der Waals surface area contributed by atoms with Gasteiger partial charge in [-0.3, -0.25) is 9.59 Å². The Balaban J connectivity index is 2.74. The first-order valence-corrected chi connectivity index (χ1v) is 5.54. The minimum absolute atomic E-state index is 0.161. The highest BCUT2D eigenvalue weighted by Crippen LogP contribution is 2.07. The summed E-state index contributed by atoms with van der Waals surface area (Å²) in [5.41, 5.74) is -1.46. The molecule has 1 aromatic heterocycles. The van der Waals surface area contributed by atoms with Gasteiger partial charge < -0.3 is 5.11 Å². The van der Waals surface area contributed by atoms with Gasteiger partial charge in [0.25, 0.3) is 5.56 Å². The van der Waals surface area contributed by atoms with Gasteiger partial charge in [-0.05, 0) is 30.3 Å². The number of rotatable bonds is 3. The van der Waals surface area contributed by atoms with Gasteiger partial charge >= 0.3 is 5.97 Å². The summed E-state index contributed by atoms with van der Waals surface area (Å²) < 4.78 is 13.6. The maximum absolute atomic E-state index is 12.9. The van der Waals surface area contributed by atoms with Crippen molar-refractivity contribution >= 4 is 11.8 Å². The second kappa shape index (κ2) is 5.04. The monoisotopic (exact) mass is 276 g/mol. The third-order valence-corrected chi connectivity index (χ3v) is 2.57. The molecule has 0 atom stereocenters. The van der Waals surface area contributed by atoms with Gasteiger partial charge in [-0.15, -0.1) is 0 Å². The fourth-order valence-electron chi connectivity index (χ4n) is 1.58. The highest BCUT2D eigenvalue weighted by molar-refractivity contribution is 5.95. The van der Waals surface area contributed by atoms with Gasteiger partial charge in [-0.1, -0.05) is 0 Å². The zero-order chi connectivity index (χ0) is 14.9. The molecule has 0 aliphatic carbocycles. The first-order chi connectivity index (χ1) is 9.40. The Hall–Kier alpha value is -2.83. The second-order valence-electron chi connectivity index (χ2n) is 4.00. The van der Waals surface area contributed by atoms with Gasteiger partial charge in [0.2, 0.25) is 0 Å². The lowest BCUT2D eigenvalue weighted by molar-refractivity contribution is 0.0694. The maximum atomic E-state index is 12.9. The van der Waals surface area contributed by atoms with Crippen molar-refractivity contribution in [2.75, 3.05) is 0 Å². The molecule has 0 amide bonds. The first-order valence-electron chi connectivity index (χ1n) is 5.54. The molecule has 0 aliphatic heterocycles. The summed E-state index contributed by atoms with van der Waals surface area (Å²) in [5.74, 6) is -2.46. The smallest absolute Gasteiger partial charge is 0.341 e. The summed E-state index contributed by atoms with van der Waals surface area (Å²) in [6.07, 6.45) is 0. The van der Waals surface area contributed by atoms with Crippen LogP contribution in [-0.2, 0) is 0 Å². The van der Waals surface area contributed by atoms with Crippen molar-refractivity contribution < 1.29 is 19.1 Å². The average molecular weight is 276 g/mol. The summed E-state index contributed by atoms with van der Waals surface area (Å²) >= 11 is 0. The number of Topliss-reactive ketones (excluding diaryl/α,β-unsaturated/α-hetero) is 1. The van der Waals surface area contributed by atoms with E-state index in [-0.39, 0.29) is 11.4 Å². The number of carbonyl (C=O) groups excluding carboxylic acids is 1. The number of aromatic nitrogens is 2. The van der Waals surface area contributed by atoms with Crippen molar-refractivity contribution in [2.45, 2.75) is 6.92 Å². The van der Waals surface area contributed by atoms with Gasteiger partial charge in [0.1, 0.15) is 17.1 Å². The number of nitrogens with zero attached hydrogens (tertiary/aromatic N) is 2. The number of hydrogen-bond donors (Lipinski definition) is 1. The molecule has 1 heterocycles. The molecule has 20 heavy (non-hydrogen) atoms. The highest BCUT2D eigenvalue weighted by atomic mass is 19.1. The van der Waals surface area contributed by atoms with Gasteiger partial charge in [0.05, 0.1) is 5.69 Å². The van der Waals surface area contributed by atoms with E-state index in [4.69, 9.17) is 5.11 Å². The lowest BCUT2D eigenvalue weighted by Gasteiger charge is -2.07. The van der Waals surface area contributed by atoms with E-state index in [0.717, 1.165) is 22.9 Å². The summed E-state index contributed by atoms with van der Waals surface area (Å²) in [6, 6.07) is 5.65. The Morgan fingerprint density at radius 1 is 1.25 bits per heavy atom. The van der Waals surface area contributed by atoms with Gasteiger partial charge in [0.15, 0.2) is 5.78 Å². The molecule has 0 unspecified atom stereocenters. The van der Waals surface area contributed by atoms with Crippen LogP contribution in [0.15, 0.2) is 35.1 Å². The third-order valence-electron chi connectivity index (χ3n) is 2.57. The Morgan fingerprint density at radius 3 is 2.35 bits per heavy atom. The molecule has 2 aromatic rings. The molecular formula is C13H9FN2O4. The van der Waals surface area contributed by atoms with E-state index >= 15 is 0 Å². The summed E-state index contributed by atoms with van der Waals surface area (Å²) in [7, 11) is 0. The molecule has 0 saturated carbocycles. The number of hydrogen-bond acceptors (Lipinski definition) is 4. The van der Waals surface area contributed by atoms with Crippen LogP contribution in [-0.4, -0.2) is 26.6 Å². The van der Waals surface area contributed by atoms with Crippen LogP contribution >= 0.6 is 0 Å². The fraction of sp³-hybridized carbons (Fsp3) is 0.0769. The predicted octanol–water partition coefficient (Wildman–Crippen LogP) is 1.27. The van der Waals surface area contributed by atoms with E-state index in [9.17, 15) is 18.8 Å².